The van der Waals surface area contributed by atoms with Crippen LogP contribution in [0.2, 0.25) is 0 Å². The molecule has 0 unspecified atom stereocenters. The van der Waals surface area contributed by atoms with Crippen molar-refractivity contribution in [2.45, 2.75) is 38.8 Å². The molecule has 0 fully saturated rings. The van der Waals surface area contributed by atoms with Gasteiger partial charge in [-0.1, -0.05) is 24.3 Å². The third kappa shape index (κ3) is 4.95. The smallest absolute Gasteiger partial charge is 0.407 e. The highest BCUT2D eigenvalue weighted by molar-refractivity contribution is 7.22. The Labute approximate surface area is 179 Å². The third-order valence-corrected chi connectivity index (χ3v) is 5.86. The van der Waals surface area contributed by atoms with E-state index in [1.165, 1.54) is 16.2 Å². The zero-order valence-corrected chi connectivity index (χ0v) is 17.9. The number of pyridine rings is 1. The summed E-state index contributed by atoms with van der Waals surface area (Å²) in [6, 6.07) is 10.7. The SMILES string of the molecule is CC(C)(C)N(C[C@@H](C(=O)Nc1cc2ccncc2s1)c1ccc(CO)cc1)C(=O)O. The van der Waals surface area contributed by atoms with Gasteiger partial charge in [0.25, 0.3) is 0 Å². The lowest BCUT2D eigenvalue weighted by molar-refractivity contribution is -0.118. The minimum Gasteiger partial charge on any atom is -0.465 e. The van der Waals surface area contributed by atoms with E-state index in [9.17, 15) is 19.8 Å². The molecule has 7 nitrogen and oxygen atoms in total. The maximum atomic E-state index is 13.2. The number of aliphatic hydroxyl groups is 1. The van der Waals surface area contributed by atoms with Crippen LogP contribution >= 0.6 is 11.3 Å². The fourth-order valence-electron chi connectivity index (χ4n) is 3.17. The molecule has 2 heterocycles. The number of rotatable bonds is 6. The van der Waals surface area contributed by atoms with E-state index >= 15 is 0 Å². The summed E-state index contributed by atoms with van der Waals surface area (Å²) in [5.41, 5.74) is 0.738. The molecule has 0 radical (unpaired) electrons. The average Bonchev–Trinajstić information content (AvgIpc) is 3.09. The van der Waals surface area contributed by atoms with Crippen LogP contribution in [-0.2, 0) is 11.4 Å². The number of hydrogen-bond acceptors (Lipinski definition) is 5. The van der Waals surface area contributed by atoms with Gasteiger partial charge < -0.3 is 20.4 Å². The number of hydrogen-bond donors (Lipinski definition) is 3. The first-order valence-electron chi connectivity index (χ1n) is 9.53. The number of carbonyl (C=O) groups excluding carboxylic acids is 1. The van der Waals surface area contributed by atoms with Gasteiger partial charge in [0.05, 0.1) is 22.2 Å². The van der Waals surface area contributed by atoms with Crippen molar-refractivity contribution in [3.05, 3.63) is 59.9 Å². The van der Waals surface area contributed by atoms with E-state index in [2.05, 4.69) is 10.3 Å². The summed E-state index contributed by atoms with van der Waals surface area (Å²) in [5, 5.41) is 23.6. The van der Waals surface area contributed by atoms with Crippen molar-refractivity contribution < 1.29 is 19.8 Å². The second-order valence-electron chi connectivity index (χ2n) is 8.03. The monoisotopic (exact) mass is 427 g/mol. The van der Waals surface area contributed by atoms with Gasteiger partial charge in [0.2, 0.25) is 5.91 Å². The molecule has 158 valence electrons. The summed E-state index contributed by atoms with van der Waals surface area (Å²) in [5.74, 6) is -1.00. The van der Waals surface area contributed by atoms with Crippen LogP contribution in [0.3, 0.4) is 0 Å². The topological polar surface area (TPSA) is 103 Å². The van der Waals surface area contributed by atoms with Gasteiger partial charge in [-0.15, -0.1) is 11.3 Å². The van der Waals surface area contributed by atoms with Gasteiger partial charge in [0.15, 0.2) is 0 Å². The van der Waals surface area contributed by atoms with Crippen LogP contribution in [-0.4, -0.2) is 44.2 Å². The van der Waals surface area contributed by atoms with Gasteiger partial charge >= 0.3 is 6.09 Å². The molecule has 3 rings (SSSR count). The fraction of sp³-hybridized carbons (Fsp3) is 0.318. The van der Waals surface area contributed by atoms with E-state index in [0.29, 0.717) is 10.6 Å². The molecule has 1 atom stereocenters. The molecule has 0 bridgehead atoms. The van der Waals surface area contributed by atoms with E-state index in [1.807, 2.05) is 12.1 Å². The largest absolute Gasteiger partial charge is 0.465 e. The minimum atomic E-state index is -1.08. The van der Waals surface area contributed by atoms with Gasteiger partial charge in [-0.3, -0.25) is 9.78 Å². The van der Waals surface area contributed by atoms with Crippen LogP contribution in [0, 0.1) is 0 Å². The van der Waals surface area contributed by atoms with Crippen molar-refractivity contribution in [1.29, 1.82) is 0 Å². The Hall–Kier alpha value is -2.97. The molecule has 0 saturated heterocycles. The summed E-state index contributed by atoms with van der Waals surface area (Å²) in [7, 11) is 0. The van der Waals surface area contributed by atoms with Crippen LogP contribution in [0.5, 0.6) is 0 Å². The molecule has 3 N–H and O–H groups in total. The average molecular weight is 428 g/mol. The molecule has 1 aromatic carbocycles. The Morgan fingerprint density at radius 2 is 1.90 bits per heavy atom. The molecule has 2 aromatic heterocycles. The molecule has 0 spiro atoms. The molecule has 0 aliphatic carbocycles. The summed E-state index contributed by atoms with van der Waals surface area (Å²) < 4.78 is 0.957. The second kappa shape index (κ2) is 8.81. The number of benzene rings is 1. The third-order valence-electron chi connectivity index (χ3n) is 4.86. The van der Waals surface area contributed by atoms with Crippen LogP contribution in [0.25, 0.3) is 10.1 Å². The molecule has 0 aliphatic heterocycles. The molecule has 8 heteroatoms. The van der Waals surface area contributed by atoms with Crippen molar-refractivity contribution in [1.82, 2.24) is 9.88 Å². The molecule has 2 amide bonds. The number of fused-ring (bicyclic) bond motifs is 1. The lowest BCUT2D eigenvalue weighted by Crippen LogP contribution is -2.48. The highest BCUT2D eigenvalue weighted by atomic mass is 32.1. The molecular formula is C22H25N3O4S. The Kier molecular flexibility index (Phi) is 6.38. The first-order valence-corrected chi connectivity index (χ1v) is 10.4. The Bertz CT molecular complexity index is 1010. The Morgan fingerprint density at radius 3 is 2.47 bits per heavy atom. The molecule has 30 heavy (non-hydrogen) atoms. The van der Waals surface area contributed by atoms with Crippen molar-refractivity contribution in [3.63, 3.8) is 0 Å². The van der Waals surface area contributed by atoms with Crippen LogP contribution in [0.1, 0.15) is 37.8 Å². The number of amides is 2. The summed E-state index contributed by atoms with van der Waals surface area (Å²) in [6.45, 7) is 5.30. The number of nitrogens with one attached hydrogen (secondary N) is 1. The van der Waals surface area contributed by atoms with Crippen molar-refractivity contribution in [3.8, 4) is 0 Å². The van der Waals surface area contributed by atoms with Crippen LogP contribution in [0.15, 0.2) is 48.8 Å². The zero-order chi connectivity index (χ0) is 21.9. The molecule has 0 aliphatic rings. The normalized spacial score (nSPS) is 12.5. The first kappa shape index (κ1) is 21.7. The quantitative estimate of drug-likeness (QED) is 0.545. The standard InChI is InChI=1S/C22H25N3O4S/c1-22(2,3)25(21(28)29)12-17(15-6-4-14(13-26)5-7-15)20(27)24-19-10-16-8-9-23-11-18(16)30-19/h4-11,17,26H,12-13H2,1-3H3,(H,24,27)(H,28,29)/t17-/m1/s1. The highest BCUT2D eigenvalue weighted by Gasteiger charge is 2.32. The summed E-state index contributed by atoms with van der Waals surface area (Å²) in [4.78, 5) is 30.5. The predicted octanol–water partition coefficient (Wildman–Crippen LogP) is 4.29. The van der Waals surface area contributed by atoms with Crippen molar-refractivity contribution >= 4 is 38.4 Å². The minimum absolute atomic E-state index is 0.00951. The fourth-order valence-corrected chi connectivity index (χ4v) is 4.10. The van der Waals surface area contributed by atoms with Gasteiger partial charge in [-0.25, -0.2) is 4.79 Å². The number of thiophene rings is 1. The van der Waals surface area contributed by atoms with E-state index in [0.717, 1.165) is 15.6 Å². The molecular weight excluding hydrogens is 402 g/mol. The maximum Gasteiger partial charge on any atom is 0.407 e. The molecule has 0 saturated carbocycles. The predicted molar refractivity (Wildman–Crippen MR) is 118 cm³/mol. The van der Waals surface area contributed by atoms with Crippen LogP contribution < -0.4 is 5.32 Å². The molecule has 3 aromatic rings. The van der Waals surface area contributed by atoms with Gasteiger partial charge in [-0.2, -0.15) is 0 Å². The Balaban J connectivity index is 1.92. The van der Waals surface area contributed by atoms with Gasteiger partial charge in [0, 0.05) is 24.5 Å². The van der Waals surface area contributed by atoms with Crippen LogP contribution in [0.4, 0.5) is 9.80 Å². The van der Waals surface area contributed by atoms with Crippen molar-refractivity contribution in [2.24, 2.45) is 0 Å². The second-order valence-corrected chi connectivity index (χ2v) is 9.11. The zero-order valence-electron chi connectivity index (χ0n) is 17.1. The van der Waals surface area contributed by atoms with Gasteiger partial charge in [0.1, 0.15) is 0 Å². The maximum absolute atomic E-state index is 13.2. The number of carboxylic acid groups (broad SMARTS) is 1. The summed E-state index contributed by atoms with van der Waals surface area (Å²) >= 11 is 1.42. The number of carbonyl (C=O) groups is 2. The van der Waals surface area contributed by atoms with Crippen molar-refractivity contribution in [2.75, 3.05) is 11.9 Å². The number of anilines is 1. The van der Waals surface area contributed by atoms with E-state index in [4.69, 9.17) is 0 Å². The van der Waals surface area contributed by atoms with E-state index < -0.39 is 17.6 Å². The highest BCUT2D eigenvalue weighted by Crippen LogP contribution is 2.31. The number of aliphatic hydroxyl groups excluding tert-OH is 1. The summed E-state index contributed by atoms with van der Waals surface area (Å²) in [6.07, 6.45) is 2.35. The Morgan fingerprint density at radius 1 is 1.20 bits per heavy atom. The lowest BCUT2D eigenvalue weighted by atomic mass is 9.94. The lowest BCUT2D eigenvalue weighted by Gasteiger charge is -2.35. The number of aromatic nitrogens is 1. The first-order chi connectivity index (χ1) is 14.2. The van der Waals surface area contributed by atoms with Gasteiger partial charge in [-0.05, 0) is 49.4 Å². The van der Waals surface area contributed by atoms with E-state index in [-0.39, 0.29) is 19.1 Å². The number of nitrogens with zero attached hydrogens (tertiary/aromatic N) is 2. The van der Waals surface area contributed by atoms with E-state index in [1.54, 1.807) is 57.4 Å².